The SMILES string of the molecule is CNCc1cc(OC)ccc1OCc1cccc(C)n1. The summed E-state index contributed by atoms with van der Waals surface area (Å²) in [6.45, 7) is 3.17. The Hall–Kier alpha value is -2.07. The third kappa shape index (κ3) is 3.71. The zero-order chi connectivity index (χ0) is 14.4. The van der Waals surface area contributed by atoms with E-state index in [-0.39, 0.29) is 0 Å². The molecule has 0 atom stereocenters. The number of nitrogens with zero attached hydrogens (tertiary/aromatic N) is 1. The molecule has 20 heavy (non-hydrogen) atoms. The van der Waals surface area contributed by atoms with Crippen LogP contribution in [0.3, 0.4) is 0 Å². The van der Waals surface area contributed by atoms with Gasteiger partial charge in [0.1, 0.15) is 18.1 Å². The number of benzene rings is 1. The van der Waals surface area contributed by atoms with Crippen molar-refractivity contribution in [2.75, 3.05) is 14.2 Å². The normalized spacial score (nSPS) is 10.3. The van der Waals surface area contributed by atoms with Gasteiger partial charge in [-0.05, 0) is 44.3 Å². The number of aryl methyl sites for hydroxylation is 1. The highest BCUT2D eigenvalue weighted by atomic mass is 16.5. The lowest BCUT2D eigenvalue weighted by Crippen LogP contribution is -2.08. The standard InChI is InChI=1S/C16H20N2O2/c1-12-5-4-6-14(18-12)11-20-16-8-7-15(19-3)9-13(16)10-17-2/h4-9,17H,10-11H2,1-3H3. The lowest BCUT2D eigenvalue weighted by Gasteiger charge is -2.12. The molecule has 106 valence electrons. The minimum absolute atomic E-state index is 0.463. The zero-order valence-electron chi connectivity index (χ0n) is 12.1. The first-order valence-corrected chi connectivity index (χ1v) is 6.60. The average Bonchev–Trinajstić information content (AvgIpc) is 2.46. The second-order valence-electron chi connectivity index (χ2n) is 4.56. The van der Waals surface area contributed by atoms with Gasteiger partial charge in [0.05, 0.1) is 12.8 Å². The molecular formula is C16H20N2O2. The van der Waals surface area contributed by atoms with Gasteiger partial charge in [0.15, 0.2) is 0 Å². The molecule has 0 aliphatic heterocycles. The summed E-state index contributed by atoms with van der Waals surface area (Å²) in [7, 11) is 3.57. The fourth-order valence-electron chi connectivity index (χ4n) is 1.98. The van der Waals surface area contributed by atoms with Crippen LogP contribution in [-0.2, 0) is 13.2 Å². The van der Waals surface area contributed by atoms with Gasteiger partial charge in [-0.1, -0.05) is 6.07 Å². The second kappa shape index (κ2) is 6.91. The Bertz CT molecular complexity index is 570. The van der Waals surface area contributed by atoms with E-state index in [1.165, 1.54) is 0 Å². The minimum atomic E-state index is 0.463. The Morgan fingerprint density at radius 1 is 1.20 bits per heavy atom. The van der Waals surface area contributed by atoms with Gasteiger partial charge in [0.2, 0.25) is 0 Å². The van der Waals surface area contributed by atoms with Crippen molar-refractivity contribution in [3.05, 3.63) is 53.3 Å². The molecule has 0 amide bonds. The van der Waals surface area contributed by atoms with E-state index in [4.69, 9.17) is 9.47 Å². The molecule has 2 rings (SSSR count). The number of hydrogen-bond donors (Lipinski definition) is 1. The minimum Gasteiger partial charge on any atom is -0.497 e. The smallest absolute Gasteiger partial charge is 0.130 e. The fraction of sp³-hybridized carbons (Fsp3) is 0.312. The van der Waals surface area contributed by atoms with E-state index in [9.17, 15) is 0 Å². The van der Waals surface area contributed by atoms with Gasteiger partial charge >= 0.3 is 0 Å². The summed E-state index contributed by atoms with van der Waals surface area (Å²) in [5, 5.41) is 3.13. The van der Waals surface area contributed by atoms with Gasteiger partial charge in [0, 0.05) is 17.8 Å². The van der Waals surface area contributed by atoms with Crippen LogP contribution < -0.4 is 14.8 Å². The monoisotopic (exact) mass is 272 g/mol. The largest absolute Gasteiger partial charge is 0.497 e. The van der Waals surface area contributed by atoms with E-state index in [2.05, 4.69) is 10.3 Å². The molecule has 1 heterocycles. The van der Waals surface area contributed by atoms with E-state index < -0.39 is 0 Å². The van der Waals surface area contributed by atoms with E-state index in [0.29, 0.717) is 6.61 Å². The molecule has 2 aromatic rings. The van der Waals surface area contributed by atoms with Crippen molar-refractivity contribution < 1.29 is 9.47 Å². The Morgan fingerprint density at radius 3 is 2.75 bits per heavy atom. The van der Waals surface area contributed by atoms with Gasteiger partial charge in [0.25, 0.3) is 0 Å². The Kier molecular flexibility index (Phi) is 4.96. The number of ether oxygens (including phenoxy) is 2. The Balaban J connectivity index is 2.12. The third-order valence-corrected chi connectivity index (χ3v) is 2.96. The predicted octanol–water partition coefficient (Wildman–Crippen LogP) is 2.70. The van der Waals surface area contributed by atoms with Crippen LogP contribution in [0.4, 0.5) is 0 Å². The maximum Gasteiger partial charge on any atom is 0.130 e. The molecule has 0 fully saturated rings. The Labute approximate surface area is 119 Å². The lowest BCUT2D eigenvalue weighted by atomic mass is 10.2. The van der Waals surface area contributed by atoms with Gasteiger partial charge in [-0.3, -0.25) is 4.98 Å². The van der Waals surface area contributed by atoms with E-state index in [1.54, 1.807) is 7.11 Å². The van der Waals surface area contributed by atoms with Crippen molar-refractivity contribution in [3.8, 4) is 11.5 Å². The number of pyridine rings is 1. The first-order valence-electron chi connectivity index (χ1n) is 6.60. The quantitative estimate of drug-likeness (QED) is 0.878. The molecule has 0 spiro atoms. The molecule has 0 bridgehead atoms. The fourth-order valence-corrected chi connectivity index (χ4v) is 1.98. The molecule has 1 aromatic heterocycles. The molecule has 0 saturated heterocycles. The average molecular weight is 272 g/mol. The highest BCUT2D eigenvalue weighted by molar-refractivity contribution is 5.40. The van der Waals surface area contributed by atoms with Crippen LogP contribution in [0.5, 0.6) is 11.5 Å². The van der Waals surface area contributed by atoms with Crippen molar-refractivity contribution in [3.63, 3.8) is 0 Å². The number of hydrogen-bond acceptors (Lipinski definition) is 4. The van der Waals surface area contributed by atoms with Crippen LogP contribution in [0.15, 0.2) is 36.4 Å². The lowest BCUT2D eigenvalue weighted by molar-refractivity contribution is 0.296. The second-order valence-corrected chi connectivity index (χ2v) is 4.56. The first kappa shape index (κ1) is 14.3. The van der Waals surface area contributed by atoms with E-state index in [0.717, 1.165) is 35.0 Å². The summed E-state index contributed by atoms with van der Waals surface area (Å²) in [6, 6.07) is 11.7. The van der Waals surface area contributed by atoms with Gasteiger partial charge in [-0.2, -0.15) is 0 Å². The van der Waals surface area contributed by atoms with Crippen LogP contribution in [0.1, 0.15) is 17.0 Å². The molecule has 0 aliphatic carbocycles. The number of methoxy groups -OCH3 is 1. The number of aromatic nitrogens is 1. The van der Waals surface area contributed by atoms with Crippen LogP contribution in [0.25, 0.3) is 0 Å². The van der Waals surface area contributed by atoms with E-state index in [1.807, 2.05) is 50.4 Å². The van der Waals surface area contributed by atoms with Crippen LogP contribution in [0, 0.1) is 6.92 Å². The molecule has 0 radical (unpaired) electrons. The molecule has 0 aliphatic rings. The molecule has 1 N–H and O–H groups in total. The van der Waals surface area contributed by atoms with Crippen molar-refractivity contribution >= 4 is 0 Å². The number of nitrogens with one attached hydrogen (secondary N) is 1. The highest BCUT2D eigenvalue weighted by Crippen LogP contribution is 2.24. The Morgan fingerprint density at radius 2 is 2.05 bits per heavy atom. The van der Waals surface area contributed by atoms with Crippen LogP contribution in [-0.4, -0.2) is 19.1 Å². The summed E-state index contributed by atoms with van der Waals surface area (Å²) >= 11 is 0. The van der Waals surface area contributed by atoms with Crippen molar-refractivity contribution in [1.82, 2.24) is 10.3 Å². The molecule has 4 heteroatoms. The predicted molar refractivity (Wildman–Crippen MR) is 79.1 cm³/mol. The third-order valence-electron chi connectivity index (χ3n) is 2.96. The summed E-state index contributed by atoms with van der Waals surface area (Å²) in [6.07, 6.45) is 0. The summed E-state index contributed by atoms with van der Waals surface area (Å²) in [5.74, 6) is 1.68. The van der Waals surface area contributed by atoms with E-state index >= 15 is 0 Å². The summed E-state index contributed by atoms with van der Waals surface area (Å²) < 4.78 is 11.1. The molecule has 0 unspecified atom stereocenters. The van der Waals surface area contributed by atoms with Crippen LogP contribution in [0.2, 0.25) is 0 Å². The number of rotatable bonds is 6. The van der Waals surface area contributed by atoms with Crippen molar-refractivity contribution in [2.24, 2.45) is 0 Å². The van der Waals surface area contributed by atoms with Crippen LogP contribution >= 0.6 is 0 Å². The summed E-state index contributed by atoms with van der Waals surface area (Å²) in [4.78, 5) is 4.43. The molecule has 4 nitrogen and oxygen atoms in total. The molecule has 0 saturated carbocycles. The maximum absolute atomic E-state index is 5.87. The zero-order valence-corrected chi connectivity index (χ0v) is 12.1. The van der Waals surface area contributed by atoms with Gasteiger partial charge in [-0.25, -0.2) is 0 Å². The van der Waals surface area contributed by atoms with Crippen molar-refractivity contribution in [1.29, 1.82) is 0 Å². The van der Waals surface area contributed by atoms with Gasteiger partial charge in [-0.15, -0.1) is 0 Å². The molecular weight excluding hydrogens is 252 g/mol. The van der Waals surface area contributed by atoms with Crippen molar-refractivity contribution in [2.45, 2.75) is 20.1 Å². The maximum atomic E-state index is 5.87. The highest BCUT2D eigenvalue weighted by Gasteiger charge is 2.06. The molecule has 1 aromatic carbocycles. The summed E-state index contributed by atoms with van der Waals surface area (Å²) in [5.41, 5.74) is 2.99. The van der Waals surface area contributed by atoms with Gasteiger partial charge < -0.3 is 14.8 Å². The first-order chi connectivity index (χ1) is 9.72. The topological polar surface area (TPSA) is 43.4 Å².